The number of hydrogen-bond donors (Lipinski definition) is 0. The molecule has 0 spiro atoms. The molecule has 13 heavy (non-hydrogen) atoms. The van der Waals surface area contributed by atoms with Crippen LogP contribution in [0.3, 0.4) is 0 Å². The highest BCUT2D eigenvalue weighted by Crippen LogP contribution is 2.11. The molecule has 3 heteroatoms. The Balaban J connectivity index is 3.73. The Kier molecular flexibility index (Phi) is 5.18. The third kappa shape index (κ3) is 6.72. The molecule has 0 amide bonds. The smallest absolute Gasteiger partial charge is 0.126 e. The number of aldehydes is 1. The highest BCUT2D eigenvalue weighted by Gasteiger charge is 2.18. The van der Waals surface area contributed by atoms with Crippen LogP contribution in [0.5, 0.6) is 0 Å². The molecular formula is C10H22N2O. The van der Waals surface area contributed by atoms with E-state index in [1.807, 2.05) is 13.8 Å². The Morgan fingerprint density at radius 3 is 2.08 bits per heavy atom. The molecule has 0 bridgehead atoms. The third-order valence-corrected chi connectivity index (χ3v) is 1.93. The van der Waals surface area contributed by atoms with Gasteiger partial charge in [-0.05, 0) is 21.1 Å². The predicted molar refractivity (Wildman–Crippen MR) is 55.9 cm³/mol. The zero-order valence-electron chi connectivity index (χ0n) is 9.50. The summed E-state index contributed by atoms with van der Waals surface area (Å²) in [5.41, 5.74) is -0.221. The van der Waals surface area contributed by atoms with Gasteiger partial charge in [0, 0.05) is 25.0 Å². The zero-order valence-corrected chi connectivity index (χ0v) is 9.50. The monoisotopic (exact) mass is 186 g/mol. The van der Waals surface area contributed by atoms with Crippen molar-refractivity contribution in [1.82, 2.24) is 9.80 Å². The van der Waals surface area contributed by atoms with Crippen LogP contribution in [-0.2, 0) is 4.79 Å². The highest BCUT2D eigenvalue weighted by atomic mass is 16.1. The van der Waals surface area contributed by atoms with E-state index in [-0.39, 0.29) is 5.41 Å². The molecule has 0 heterocycles. The van der Waals surface area contributed by atoms with E-state index in [1.165, 1.54) is 0 Å². The fourth-order valence-electron chi connectivity index (χ4n) is 1.18. The molecule has 0 aliphatic rings. The maximum Gasteiger partial charge on any atom is 0.126 e. The van der Waals surface area contributed by atoms with E-state index in [1.54, 1.807) is 0 Å². The predicted octanol–water partition coefficient (Wildman–Crippen LogP) is 0.705. The first-order chi connectivity index (χ1) is 5.87. The van der Waals surface area contributed by atoms with Crippen molar-refractivity contribution < 1.29 is 4.79 Å². The van der Waals surface area contributed by atoms with Crippen LogP contribution in [0.15, 0.2) is 0 Å². The van der Waals surface area contributed by atoms with E-state index in [4.69, 9.17) is 0 Å². The van der Waals surface area contributed by atoms with Gasteiger partial charge in [0.2, 0.25) is 0 Å². The molecule has 0 aliphatic carbocycles. The lowest BCUT2D eigenvalue weighted by Crippen LogP contribution is -2.36. The van der Waals surface area contributed by atoms with E-state index in [0.717, 1.165) is 25.9 Å². The van der Waals surface area contributed by atoms with Gasteiger partial charge in [0.25, 0.3) is 0 Å². The molecule has 0 aromatic heterocycles. The Bertz CT molecular complexity index is 155. The molecule has 3 nitrogen and oxygen atoms in total. The molecule has 0 saturated heterocycles. The maximum absolute atomic E-state index is 10.7. The number of carbonyl (C=O) groups is 1. The molecule has 78 valence electrons. The van der Waals surface area contributed by atoms with E-state index >= 15 is 0 Å². The van der Waals surface area contributed by atoms with Crippen LogP contribution in [0, 0.1) is 5.41 Å². The number of hydrogen-bond acceptors (Lipinski definition) is 3. The molecule has 0 saturated carbocycles. The summed E-state index contributed by atoms with van der Waals surface area (Å²) >= 11 is 0. The number of rotatable bonds is 6. The first kappa shape index (κ1) is 12.6. The fourth-order valence-corrected chi connectivity index (χ4v) is 1.18. The van der Waals surface area contributed by atoms with Crippen LogP contribution in [-0.4, -0.2) is 56.9 Å². The topological polar surface area (TPSA) is 23.6 Å². The normalized spacial score (nSPS) is 12.5. The molecule has 0 aromatic carbocycles. The first-order valence-electron chi connectivity index (χ1n) is 4.67. The molecule has 0 aromatic rings. The average Bonchev–Trinajstić information content (AvgIpc) is 2.00. The SMILES string of the molecule is CN(C)CCN(C)CC(C)(C)C=O. The van der Waals surface area contributed by atoms with Crippen molar-refractivity contribution >= 4 is 6.29 Å². The van der Waals surface area contributed by atoms with Crippen LogP contribution in [0.4, 0.5) is 0 Å². The van der Waals surface area contributed by atoms with Crippen molar-refractivity contribution in [3.8, 4) is 0 Å². The summed E-state index contributed by atoms with van der Waals surface area (Å²) in [5.74, 6) is 0. The van der Waals surface area contributed by atoms with Crippen molar-refractivity contribution in [2.75, 3.05) is 40.8 Å². The van der Waals surface area contributed by atoms with Crippen LogP contribution in [0.2, 0.25) is 0 Å². The summed E-state index contributed by atoms with van der Waals surface area (Å²) in [6.45, 7) is 6.79. The Morgan fingerprint density at radius 2 is 1.69 bits per heavy atom. The second kappa shape index (κ2) is 5.35. The van der Waals surface area contributed by atoms with E-state index in [2.05, 4.69) is 30.9 Å². The molecule has 0 radical (unpaired) electrons. The van der Waals surface area contributed by atoms with Crippen molar-refractivity contribution in [1.29, 1.82) is 0 Å². The van der Waals surface area contributed by atoms with Gasteiger partial charge in [-0.3, -0.25) is 0 Å². The Labute approximate surface area is 81.7 Å². The first-order valence-corrected chi connectivity index (χ1v) is 4.67. The minimum absolute atomic E-state index is 0.221. The summed E-state index contributed by atoms with van der Waals surface area (Å²) in [6, 6.07) is 0. The highest BCUT2D eigenvalue weighted by molar-refractivity contribution is 5.58. The summed E-state index contributed by atoms with van der Waals surface area (Å²) in [4.78, 5) is 15.0. The molecule has 0 unspecified atom stereocenters. The van der Waals surface area contributed by atoms with Gasteiger partial charge >= 0.3 is 0 Å². The minimum Gasteiger partial charge on any atom is -0.308 e. The molecule has 0 aliphatic heterocycles. The van der Waals surface area contributed by atoms with Gasteiger partial charge in [-0.15, -0.1) is 0 Å². The van der Waals surface area contributed by atoms with Crippen molar-refractivity contribution in [2.24, 2.45) is 5.41 Å². The lowest BCUT2D eigenvalue weighted by molar-refractivity contribution is -0.115. The number of nitrogens with zero attached hydrogens (tertiary/aromatic N) is 2. The molecule has 0 rings (SSSR count). The summed E-state index contributed by atoms with van der Waals surface area (Å²) in [6.07, 6.45) is 1.03. The third-order valence-electron chi connectivity index (χ3n) is 1.93. The van der Waals surface area contributed by atoms with Crippen LogP contribution in [0.1, 0.15) is 13.8 Å². The van der Waals surface area contributed by atoms with Gasteiger partial charge in [-0.2, -0.15) is 0 Å². The maximum atomic E-state index is 10.7. The summed E-state index contributed by atoms with van der Waals surface area (Å²) < 4.78 is 0. The second-order valence-corrected chi connectivity index (χ2v) is 4.65. The van der Waals surface area contributed by atoms with Gasteiger partial charge in [-0.1, -0.05) is 13.8 Å². The van der Waals surface area contributed by atoms with Crippen LogP contribution in [0.25, 0.3) is 0 Å². The van der Waals surface area contributed by atoms with Gasteiger partial charge < -0.3 is 14.6 Å². The van der Waals surface area contributed by atoms with E-state index < -0.39 is 0 Å². The second-order valence-electron chi connectivity index (χ2n) is 4.65. The quantitative estimate of drug-likeness (QED) is 0.571. The van der Waals surface area contributed by atoms with Crippen molar-refractivity contribution in [3.63, 3.8) is 0 Å². The number of likely N-dealkylation sites (N-methyl/N-ethyl adjacent to an activating group) is 2. The zero-order chi connectivity index (χ0) is 10.5. The number of carbonyl (C=O) groups excluding carboxylic acids is 1. The van der Waals surface area contributed by atoms with E-state index in [9.17, 15) is 4.79 Å². The largest absolute Gasteiger partial charge is 0.308 e. The van der Waals surface area contributed by atoms with E-state index in [0.29, 0.717) is 0 Å². The van der Waals surface area contributed by atoms with Gasteiger partial charge in [0.05, 0.1) is 0 Å². The Morgan fingerprint density at radius 1 is 1.15 bits per heavy atom. The summed E-state index contributed by atoms with van der Waals surface area (Å²) in [7, 11) is 6.16. The lowest BCUT2D eigenvalue weighted by Gasteiger charge is -2.26. The van der Waals surface area contributed by atoms with Gasteiger partial charge in [0.15, 0.2) is 0 Å². The fraction of sp³-hybridized carbons (Fsp3) is 0.900. The van der Waals surface area contributed by atoms with Crippen LogP contribution < -0.4 is 0 Å². The van der Waals surface area contributed by atoms with Crippen LogP contribution >= 0.6 is 0 Å². The van der Waals surface area contributed by atoms with Crippen molar-refractivity contribution in [2.45, 2.75) is 13.8 Å². The molecule has 0 fully saturated rings. The Hall–Kier alpha value is -0.410. The van der Waals surface area contributed by atoms with Crippen molar-refractivity contribution in [3.05, 3.63) is 0 Å². The minimum atomic E-state index is -0.221. The molecule has 0 N–H and O–H groups in total. The molecular weight excluding hydrogens is 164 g/mol. The van der Waals surface area contributed by atoms with Gasteiger partial charge in [-0.25, -0.2) is 0 Å². The summed E-state index contributed by atoms with van der Waals surface area (Å²) in [5, 5.41) is 0. The lowest BCUT2D eigenvalue weighted by atomic mass is 9.95. The molecule has 0 atom stereocenters. The van der Waals surface area contributed by atoms with Gasteiger partial charge in [0.1, 0.15) is 6.29 Å². The average molecular weight is 186 g/mol. The standard InChI is InChI=1S/C10H22N2O/c1-10(2,9-13)8-12(5)7-6-11(3)4/h9H,6-8H2,1-5H3.